The summed E-state index contributed by atoms with van der Waals surface area (Å²) in [6, 6.07) is 0.727. The van der Waals surface area contributed by atoms with Crippen molar-refractivity contribution in [3.63, 3.8) is 0 Å². The van der Waals surface area contributed by atoms with Crippen molar-refractivity contribution in [2.24, 2.45) is 0 Å². The van der Waals surface area contributed by atoms with Gasteiger partial charge in [-0.05, 0) is 20.8 Å². The Morgan fingerprint density at radius 2 is 1.95 bits per heavy atom. The number of nitrogens with zero attached hydrogens (tertiary/aromatic N) is 2. The van der Waals surface area contributed by atoms with Crippen LogP contribution in [0.4, 0.5) is 19.0 Å². The van der Waals surface area contributed by atoms with E-state index in [-0.39, 0.29) is 12.4 Å². The summed E-state index contributed by atoms with van der Waals surface area (Å²) in [6.45, 7) is 4.80. The highest BCUT2D eigenvalue weighted by atomic mass is 19.4. The molecule has 1 aromatic heterocycles. The molecule has 0 aromatic carbocycles. The Morgan fingerprint density at radius 1 is 1.32 bits per heavy atom. The third-order valence-corrected chi connectivity index (χ3v) is 1.79. The monoisotopic (exact) mass is 277 g/mol. The Balaban J connectivity index is 2.62. The maximum Gasteiger partial charge on any atom is 0.433 e. The molecule has 0 fully saturated rings. The third kappa shape index (κ3) is 5.54. The van der Waals surface area contributed by atoms with E-state index in [1.165, 1.54) is 0 Å². The van der Waals surface area contributed by atoms with Crippen molar-refractivity contribution in [3.8, 4) is 0 Å². The molecule has 0 aliphatic rings. The molecule has 0 aliphatic carbocycles. The molecule has 106 valence electrons. The summed E-state index contributed by atoms with van der Waals surface area (Å²) in [5.41, 5.74) is -1.73. The fourth-order valence-electron chi connectivity index (χ4n) is 1.15. The van der Waals surface area contributed by atoms with E-state index in [0.29, 0.717) is 0 Å². The van der Waals surface area contributed by atoms with Crippen LogP contribution in [0.1, 0.15) is 26.5 Å². The fraction of sp³-hybridized carbons (Fsp3) is 0.545. The van der Waals surface area contributed by atoms with Gasteiger partial charge in [0.15, 0.2) is 0 Å². The first-order valence-electron chi connectivity index (χ1n) is 5.43. The quantitative estimate of drug-likeness (QED) is 0.858. The second-order valence-electron chi connectivity index (χ2n) is 4.73. The van der Waals surface area contributed by atoms with Crippen LogP contribution in [-0.4, -0.2) is 28.1 Å². The van der Waals surface area contributed by atoms with Crippen LogP contribution in [-0.2, 0) is 15.7 Å². The average Bonchev–Trinajstić information content (AvgIpc) is 2.23. The predicted octanol–water partition coefficient (Wildman–Crippen LogP) is 2.25. The molecule has 0 aliphatic heterocycles. The molecule has 0 bridgehead atoms. The molecule has 5 nitrogen and oxygen atoms in total. The average molecular weight is 277 g/mol. The maximum atomic E-state index is 12.4. The van der Waals surface area contributed by atoms with Crippen molar-refractivity contribution in [2.75, 3.05) is 11.9 Å². The van der Waals surface area contributed by atoms with Crippen LogP contribution < -0.4 is 5.32 Å². The molecule has 0 unspecified atom stereocenters. The van der Waals surface area contributed by atoms with Gasteiger partial charge >= 0.3 is 12.1 Å². The number of alkyl halides is 3. The fourth-order valence-corrected chi connectivity index (χ4v) is 1.15. The third-order valence-electron chi connectivity index (χ3n) is 1.79. The van der Waals surface area contributed by atoms with Crippen molar-refractivity contribution in [1.82, 2.24) is 9.97 Å². The van der Waals surface area contributed by atoms with E-state index >= 15 is 0 Å². The minimum Gasteiger partial charge on any atom is -0.459 e. The minimum absolute atomic E-state index is 0.0896. The van der Waals surface area contributed by atoms with E-state index in [1.54, 1.807) is 20.8 Å². The normalized spacial score (nSPS) is 12.1. The zero-order chi connectivity index (χ0) is 14.7. The lowest BCUT2D eigenvalue weighted by molar-refractivity contribution is -0.152. The van der Waals surface area contributed by atoms with Gasteiger partial charge in [0, 0.05) is 6.07 Å². The number of anilines is 1. The lowest BCUT2D eigenvalue weighted by Gasteiger charge is -2.19. The summed E-state index contributed by atoms with van der Waals surface area (Å²) < 4.78 is 42.1. The van der Waals surface area contributed by atoms with E-state index < -0.39 is 23.4 Å². The molecule has 1 heterocycles. The van der Waals surface area contributed by atoms with Crippen molar-refractivity contribution >= 4 is 11.8 Å². The number of rotatable bonds is 3. The van der Waals surface area contributed by atoms with E-state index in [0.717, 1.165) is 12.4 Å². The van der Waals surface area contributed by atoms with E-state index in [4.69, 9.17) is 4.74 Å². The van der Waals surface area contributed by atoms with Crippen molar-refractivity contribution in [3.05, 3.63) is 18.1 Å². The van der Waals surface area contributed by atoms with Crippen molar-refractivity contribution < 1.29 is 22.7 Å². The highest BCUT2D eigenvalue weighted by Crippen LogP contribution is 2.27. The SMILES string of the molecule is CC(C)(C)OC(=O)CNc1cc(C(F)(F)F)ncn1. The zero-order valence-electron chi connectivity index (χ0n) is 10.7. The number of halogens is 3. The predicted molar refractivity (Wildman–Crippen MR) is 61.4 cm³/mol. The summed E-state index contributed by atoms with van der Waals surface area (Å²) in [5.74, 6) is -0.673. The molecular formula is C11H14F3N3O2. The summed E-state index contributed by atoms with van der Waals surface area (Å²) in [5, 5.41) is 2.45. The smallest absolute Gasteiger partial charge is 0.433 e. The Labute approximate surface area is 108 Å². The lowest BCUT2D eigenvalue weighted by Crippen LogP contribution is -2.28. The number of esters is 1. The number of hydrogen-bond acceptors (Lipinski definition) is 5. The van der Waals surface area contributed by atoms with Gasteiger partial charge in [-0.25, -0.2) is 9.97 Å². The highest BCUT2D eigenvalue weighted by Gasteiger charge is 2.32. The lowest BCUT2D eigenvalue weighted by atomic mass is 10.2. The van der Waals surface area contributed by atoms with E-state index in [2.05, 4.69) is 15.3 Å². The summed E-state index contributed by atoms with van der Waals surface area (Å²) in [4.78, 5) is 18.1. The van der Waals surface area contributed by atoms with Gasteiger partial charge in [0.1, 0.15) is 30.0 Å². The standard InChI is InChI=1S/C11H14F3N3O2/c1-10(2,3)19-9(18)5-15-8-4-7(11(12,13)14)16-6-17-8/h4,6H,5H2,1-3H3,(H,15,16,17). The van der Waals surface area contributed by atoms with Crippen LogP contribution in [0.2, 0.25) is 0 Å². The van der Waals surface area contributed by atoms with Gasteiger partial charge in [-0.15, -0.1) is 0 Å². The molecule has 1 N–H and O–H groups in total. The first kappa shape index (κ1) is 15.2. The van der Waals surface area contributed by atoms with Gasteiger partial charge in [0.05, 0.1) is 0 Å². The Morgan fingerprint density at radius 3 is 2.47 bits per heavy atom. The van der Waals surface area contributed by atoms with Gasteiger partial charge in [-0.3, -0.25) is 4.79 Å². The molecule has 0 saturated carbocycles. The number of hydrogen-bond donors (Lipinski definition) is 1. The maximum absolute atomic E-state index is 12.4. The Bertz CT molecular complexity index is 455. The zero-order valence-corrected chi connectivity index (χ0v) is 10.7. The molecule has 0 atom stereocenters. The molecule has 8 heteroatoms. The summed E-state index contributed by atoms with van der Waals surface area (Å²) in [6.07, 6.45) is -3.77. The van der Waals surface area contributed by atoms with Crippen LogP contribution in [0, 0.1) is 0 Å². The molecule has 1 aromatic rings. The van der Waals surface area contributed by atoms with Gasteiger partial charge in [-0.2, -0.15) is 13.2 Å². The molecule has 0 radical (unpaired) electrons. The Kier molecular flexibility index (Phi) is 4.33. The van der Waals surface area contributed by atoms with Gasteiger partial charge in [-0.1, -0.05) is 0 Å². The molecule has 0 spiro atoms. The molecule has 1 rings (SSSR count). The van der Waals surface area contributed by atoms with Crippen LogP contribution in [0.3, 0.4) is 0 Å². The number of aromatic nitrogens is 2. The van der Waals surface area contributed by atoms with E-state index in [9.17, 15) is 18.0 Å². The van der Waals surface area contributed by atoms with Gasteiger partial charge < -0.3 is 10.1 Å². The Hall–Kier alpha value is -1.86. The number of ether oxygens (including phenoxy) is 1. The molecule has 0 amide bonds. The summed E-state index contributed by atoms with van der Waals surface area (Å²) >= 11 is 0. The van der Waals surface area contributed by atoms with Crippen LogP contribution in [0.25, 0.3) is 0 Å². The number of carbonyl (C=O) groups is 1. The minimum atomic E-state index is -4.55. The molecule has 0 saturated heterocycles. The second kappa shape index (κ2) is 5.41. The first-order chi connectivity index (χ1) is 8.58. The molecule has 19 heavy (non-hydrogen) atoms. The summed E-state index contributed by atoms with van der Waals surface area (Å²) in [7, 11) is 0. The highest BCUT2D eigenvalue weighted by molar-refractivity contribution is 5.74. The van der Waals surface area contributed by atoms with Crippen LogP contribution in [0.5, 0.6) is 0 Å². The second-order valence-corrected chi connectivity index (χ2v) is 4.73. The van der Waals surface area contributed by atoms with Gasteiger partial charge in [0.25, 0.3) is 0 Å². The number of carbonyl (C=O) groups excluding carboxylic acids is 1. The molecular weight excluding hydrogens is 263 g/mol. The first-order valence-corrected chi connectivity index (χ1v) is 5.43. The van der Waals surface area contributed by atoms with Crippen molar-refractivity contribution in [2.45, 2.75) is 32.5 Å². The van der Waals surface area contributed by atoms with Crippen LogP contribution in [0.15, 0.2) is 12.4 Å². The van der Waals surface area contributed by atoms with Crippen molar-refractivity contribution in [1.29, 1.82) is 0 Å². The van der Waals surface area contributed by atoms with Gasteiger partial charge in [0.2, 0.25) is 0 Å². The topological polar surface area (TPSA) is 64.1 Å². The van der Waals surface area contributed by atoms with Crippen LogP contribution >= 0.6 is 0 Å². The largest absolute Gasteiger partial charge is 0.459 e. The van der Waals surface area contributed by atoms with E-state index in [1.807, 2.05) is 0 Å². The number of nitrogens with one attached hydrogen (secondary N) is 1.